The Bertz CT molecular complexity index is 695. The van der Waals surface area contributed by atoms with E-state index in [1.54, 1.807) is 12.1 Å². The van der Waals surface area contributed by atoms with Gasteiger partial charge in [-0.1, -0.05) is 0 Å². The van der Waals surface area contributed by atoms with Gasteiger partial charge in [-0.15, -0.1) is 0 Å². The molecule has 0 unspecified atom stereocenters. The van der Waals surface area contributed by atoms with Crippen LogP contribution < -0.4 is 10.6 Å². The van der Waals surface area contributed by atoms with E-state index in [2.05, 4.69) is 20.6 Å². The number of oxazole rings is 1. The number of alkyl halides is 3. The van der Waals surface area contributed by atoms with Crippen LogP contribution in [-0.4, -0.2) is 37.3 Å². The fourth-order valence-electron chi connectivity index (χ4n) is 2.00. The highest BCUT2D eigenvalue weighted by atomic mass is 19.4. The molecule has 0 radical (unpaired) electrons. The number of aromatic nitrogens is 1. The minimum Gasteiger partial charge on any atom is -0.444 e. The maximum absolute atomic E-state index is 12.9. The van der Waals surface area contributed by atoms with Crippen molar-refractivity contribution in [2.24, 2.45) is 4.99 Å². The van der Waals surface area contributed by atoms with Gasteiger partial charge in [0, 0.05) is 32.1 Å². The molecule has 0 aliphatic rings. The predicted octanol–water partition coefficient (Wildman–Crippen LogP) is 3.14. The number of hydrogen-bond acceptors (Lipinski definition) is 3. The van der Waals surface area contributed by atoms with Crippen molar-refractivity contribution in [2.75, 3.05) is 20.1 Å². The lowest BCUT2D eigenvalue weighted by atomic mass is 10.2. The Hall–Kier alpha value is -2.58. The molecule has 0 spiro atoms. The van der Waals surface area contributed by atoms with E-state index < -0.39 is 12.6 Å². The number of halogens is 4. The zero-order valence-electron chi connectivity index (χ0n) is 13.5. The lowest BCUT2D eigenvalue weighted by Gasteiger charge is -2.12. The van der Waals surface area contributed by atoms with E-state index in [9.17, 15) is 17.6 Å². The van der Waals surface area contributed by atoms with Gasteiger partial charge < -0.3 is 15.1 Å². The molecule has 5 nitrogen and oxygen atoms in total. The summed E-state index contributed by atoms with van der Waals surface area (Å²) in [5.74, 6) is 0.318. The van der Waals surface area contributed by atoms with Gasteiger partial charge in [0.05, 0.1) is 12.1 Å². The molecule has 1 heterocycles. The van der Waals surface area contributed by atoms with E-state index in [0.29, 0.717) is 30.1 Å². The van der Waals surface area contributed by atoms with Gasteiger partial charge in [0.25, 0.3) is 0 Å². The number of benzene rings is 1. The highest BCUT2D eigenvalue weighted by molar-refractivity contribution is 5.79. The van der Waals surface area contributed by atoms with Gasteiger partial charge in [-0.3, -0.25) is 4.99 Å². The molecule has 0 fully saturated rings. The Morgan fingerprint density at radius 1 is 1.16 bits per heavy atom. The molecule has 9 heteroatoms. The second kappa shape index (κ2) is 8.50. The van der Waals surface area contributed by atoms with Crippen molar-refractivity contribution in [3.05, 3.63) is 42.0 Å². The summed E-state index contributed by atoms with van der Waals surface area (Å²) in [5.41, 5.74) is 1.32. The Kier molecular flexibility index (Phi) is 6.37. The van der Waals surface area contributed by atoms with Crippen LogP contribution in [0.25, 0.3) is 11.5 Å². The summed E-state index contributed by atoms with van der Waals surface area (Å²) in [4.78, 5) is 8.14. The lowest BCUT2D eigenvalue weighted by Crippen LogP contribution is -2.39. The molecular weight excluding hydrogens is 340 g/mol. The van der Waals surface area contributed by atoms with Crippen molar-refractivity contribution in [3.63, 3.8) is 0 Å². The van der Waals surface area contributed by atoms with E-state index in [0.717, 1.165) is 0 Å². The largest absolute Gasteiger partial charge is 0.444 e. The van der Waals surface area contributed by atoms with Crippen molar-refractivity contribution in [3.8, 4) is 11.5 Å². The molecule has 2 aromatic rings. The van der Waals surface area contributed by atoms with Crippen molar-refractivity contribution >= 4 is 5.96 Å². The quantitative estimate of drug-likeness (QED) is 0.473. The van der Waals surface area contributed by atoms with Crippen molar-refractivity contribution < 1.29 is 22.0 Å². The third-order valence-corrected chi connectivity index (χ3v) is 3.24. The highest BCUT2D eigenvalue weighted by Crippen LogP contribution is 2.19. The fourth-order valence-corrected chi connectivity index (χ4v) is 2.00. The van der Waals surface area contributed by atoms with Crippen LogP contribution >= 0.6 is 0 Å². The zero-order chi connectivity index (χ0) is 18.3. The fraction of sp³-hybridized carbons (Fsp3) is 0.375. The van der Waals surface area contributed by atoms with Gasteiger partial charge in [-0.05, 0) is 24.3 Å². The standard InChI is InChI=1S/C16H18F4N4O/c1-21-15(23-9-7-16(18,19)20)22-8-6-13-10-25-14(24-13)11-2-4-12(17)5-3-11/h2-5,10H,6-9H2,1H3,(H2,21,22,23). The Morgan fingerprint density at radius 3 is 2.48 bits per heavy atom. The molecule has 0 bridgehead atoms. The van der Waals surface area contributed by atoms with Crippen LogP contribution in [0.4, 0.5) is 17.6 Å². The molecule has 136 valence electrons. The topological polar surface area (TPSA) is 62.5 Å². The first-order chi connectivity index (χ1) is 11.9. The smallest absolute Gasteiger partial charge is 0.390 e. The molecule has 1 aromatic carbocycles. The van der Waals surface area contributed by atoms with E-state index >= 15 is 0 Å². The predicted molar refractivity (Wildman–Crippen MR) is 85.6 cm³/mol. The van der Waals surface area contributed by atoms with Gasteiger partial charge in [-0.25, -0.2) is 9.37 Å². The Balaban J connectivity index is 1.78. The summed E-state index contributed by atoms with van der Waals surface area (Å²) in [6, 6.07) is 5.76. The first-order valence-electron chi connectivity index (χ1n) is 7.59. The van der Waals surface area contributed by atoms with Crippen LogP contribution in [-0.2, 0) is 6.42 Å². The normalized spacial score (nSPS) is 12.3. The average Bonchev–Trinajstić information content (AvgIpc) is 3.02. The van der Waals surface area contributed by atoms with E-state index in [1.807, 2.05) is 0 Å². The zero-order valence-corrected chi connectivity index (χ0v) is 13.5. The molecule has 2 rings (SSSR count). The summed E-state index contributed by atoms with van der Waals surface area (Å²) in [7, 11) is 1.48. The molecule has 0 amide bonds. The van der Waals surface area contributed by atoms with Crippen LogP contribution in [0.15, 0.2) is 39.9 Å². The third kappa shape index (κ3) is 6.44. The maximum Gasteiger partial charge on any atom is 0.390 e. The van der Waals surface area contributed by atoms with Crippen molar-refractivity contribution in [2.45, 2.75) is 19.0 Å². The van der Waals surface area contributed by atoms with Crippen LogP contribution in [0.5, 0.6) is 0 Å². The van der Waals surface area contributed by atoms with Gasteiger partial charge >= 0.3 is 6.18 Å². The number of hydrogen-bond donors (Lipinski definition) is 2. The molecule has 25 heavy (non-hydrogen) atoms. The second-order valence-electron chi connectivity index (χ2n) is 5.19. The molecule has 0 atom stereocenters. The lowest BCUT2D eigenvalue weighted by molar-refractivity contribution is -0.132. The van der Waals surface area contributed by atoms with E-state index in [4.69, 9.17) is 4.42 Å². The molecule has 0 saturated heterocycles. The SMILES string of the molecule is CN=C(NCCc1coc(-c2ccc(F)cc2)n1)NCCC(F)(F)F. The van der Waals surface area contributed by atoms with Crippen LogP contribution in [0, 0.1) is 5.82 Å². The van der Waals surface area contributed by atoms with Crippen LogP contribution in [0.2, 0.25) is 0 Å². The maximum atomic E-state index is 12.9. The summed E-state index contributed by atoms with van der Waals surface area (Å²) < 4.78 is 54.6. The average molecular weight is 358 g/mol. The van der Waals surface area contributed by atoms with Crippen molar-refractivity contribution in [1.29, 1.82) is 0 Å². The molecular formula is C16H18F4N4O. The van der Waals surface area contributed by atoms with E-state index in [-0.39, 0.29) is 18.3 Å². The number of guanidine groups is 1. The number of aliphatic imine (C=N–C) groups is 1. The first kappa shape index (κ1) is 18.8. The van der Waals surface area contributed by atoms with Crippen molar-refractivity contribution in [1.82, 2.24) is 15.6 Å². The number of rotatable bonds is 6. The third-order valence-electron chi connectivity index (χ3n) is 3.24. The summed E-state index contributed by atoms with van der Waals surface area (Å²) in [6.07, 6.45) is -3.16. The Labute approximate surface area is 142 Å². The van der Waals surface area contributed by atoms with Gasteiger partial charge in [-0.2, -0.15) is 13.2 Å². The minimum atomic E-state index is -4.21. The van der Waals surface area contributed by atoms with E-state index in [1.165, 1.54) is 25.4 Å². The second-order valence-corrected chi connectivity index (χ2v) is 5.19. The Morgan fingerprint density at radius 2 is 1.84 bits per heavy atom. The monoisotopic (exact) mass is 358 g/mol. The molecule has 0 aliphatic heterocycles. The van der Waals surface area contributed by atoms with Gasteiger partial charge in [0.1, 0.15) is 12.1 Å². The number of nitrogens with zero attached hydrogens (tertiary/aromatic N) is 2. The summed E-state index contributed by atoms with van der Waals surface area (Å²) in [6.45, 7) is 0.170. The minimum absolute atomic E-state index is 0.248. The molecule has 0 saturated carbocycles. The molecule has 0 aliphatic carbocycles. The molecule has 1 aromatic heterocycles. The number of nitrogens with one attached hydrogen (secondary N) is 2. The molecule has 2 N–H and O–H groups in total. The highest BCUT2D eigenvalue weighted by Gasteiger charge is 2.26. The van der Waals surface area contributed by atoms with Gasteiger partial charge in [0.15, 0.2) is 5.96 Å². The van der Waals surface area contributed by atoms with Gasteiger partial charge in [0.2, 0.25) is 5.89 Å². The summed E-state index contributed by atoms with van der Waals surface area (Å²) >= 11 is 0. The van der Waals surface area contributed by atoms with Crippen LogP contribution in [0.3, 0.4) is 0 Å². The summed E-state index contributed by atoms with van der Waals surface area (Å²) in [5, 5.41) is 5.49. The first-order valence-corrected chi connectivity index (χ1v) is 7.59. The van der Waals surface area contributed by atoms with Crippen LogP contribution in [0.1, 0.15) is 12.1 Å².